The van der Waals surface area contributed by atoms with Gasteiger partial charge in [-0.05, 0) is 12.0 Å². The van der Waals surface area contributed by atoms with Crippen LogP contribution in [0.15, 0.2) is 6.07 Å². The number of ether oxygens (including phenoxy) is 2. The van der Waals surface area contributed by atoms with Gasteiger partial charge in [0, 0.05) is 24.7 Å². The molecule has 80 valence electrons. The first-order valence-electron chi connectivity index (χ1n) is 5.21. The lowest BCUT2D eigenvalue weighted by atomic mass is 10.1. The Kier molecular flexibility index (Phi) is 2.13. The van der Waals surface area contributed by atoms with E-state index in [-0.39, 0.29) is 0 Å². The molecule has 0 unspecified atom stereocenters. The molecule has 1 N–H and O–H groups in total. The van der Waals surface area contributed by atoms with Crippen LogP contribution in [-0.2, 0) is 6.42 Å². The standard InChI is InChI=1S/C11H12ClNO2/c12-10-7-2-3-13-8(7)6-9-11(10)15-5-1-4-14-9/h6,13H,1-5H2. The summed E-state index contributed by atoms with van der Waals surface area (Å²) < 4.78 is 11.2. The number of benzene rings is 1. The first kappa shape index (κ1) is 9.16. The summed E-state index contributed by atoms with van der Waals surface area (Å²) in [5.41, 5.74) is 2.24. The molecule has 3 nitrogen and oxygen atoms in total. The first-order chi connectivity index (χ1) is 7.36. The van der Waals surface area contributed by atoms with Gasteiger partial charge in [0.1, 0.15) is 0 Å². The Morgan fingerprint density at radius 3 is 3.07 bits per heavy atom. The van der Waals surface area contributed by atoms with Gasteiger partial charge in [0.15, 0.2) is 11.5 Å². The van der Waals surface area contributed by atoms with Crippen LogP contribution < -0.4 is 14.8 Å². The summed E-state index contributed by atoms with van der Waals surface area (Å²) in [6.07, 6.45) is 1.87. The monoisotopic (exact) mass is 225 g/mol. The van der Waals surface area contributed by atoms with Gasteiger partial charge in [0.25, 0.3) is 0 Å². The van der Waals surface area contributed by atoms with Crippen LogP contribution in [0.1, 0.15) is 12.0 Å². The normalized spacial score (nSPS) is 17.9. The highest BCUT2D eigenvalue weighted by atomic mass is 35.5. The molecule has 0 spiro atoms. The van der Waals surface area contributed by atoms with Crippen molar-refractivity contribution in [3.63, 3.8) is 0 Å². The van der Waals surface area contributed by atoms with E-state index in [4.69, 9.17) is 21.1 Å². The lowest BCUT2D eigenvalue weighted by molar-refractivity contribution is 0.297. The SMILES string of the molecule is Clc1c2c(cc3c1OCCCO3)NCC2. The Morgan fingerprint density at radius 1 is 1.27 bits per heavy atom. The van der Waals surface area contributed by atoms with Gasteiger partial charge in [0.05, 0.1) is 18.2 Å². The molecule has 0 saturated heterocycles. The van der Waals surface area contributed by atoms with E-state index in [9.17, 15) is 0 Å². The van der Waals surface area contributed by atoms with E-state index in [0.717, 1.165) is 47.2 Å². The Bertz CT molecular complexity index is 406. The van der Waals surface area contributed by atoms with Gasteiger partial charge in [-0.15, -0.1) is 0 Å². The number of hydrogen-bond donors (Lipinski definition) is 1. The molecule has 2 heterocycles. The highest BCUT2D eigenvalue weighted by molar-refractivity contribution is 6.33. The van der Waals surface area contributed by atoms with E-state index >= 15 is 0 Å². The third-order valence-electron chi connectivity index (χ3n) is 2.77. The fourth-order valence-electron chi connectivity index (χ4n) is 2.03. The minimum atomic E-state index is 0.679. The second kappa shape index (κ2) is 3.49. The Hall–Kier alpha value is -1.09. The van der Waals surface area contributed by atoms with E-state index in [1.807, 2.05) is 6.07 Å². The molecule has 0 saturated carbocycles. The number of rotatable bonds is 0. The van der Waals surface area contributed by atoms with E-state index in [1.165, 1.54) is 0 Å². The fourth-order valence-corrected chi connectivity index (χ4v) is 2.37. The van der Waals surface area contributed by atoms with Crippen LogP contribution in [0.2, 0.25) is 5.02 Å². The van der Waals surface area contributed by atoms with Crippen molar-refractivity contribution in [2.45, 2.75) is 12.8 Å². The number of nitrogens with one attached hydrogen (secondary N) is 1. The number of hydrogen-bond acceptors (Lipinski definition) is 3. The molecule has 4 heteroatoms. The van der Waals surface area contributed by atoms with Gasteiger partial charge in [0.2, 0.25) is 0 Å². The molecule has 2 aliphatic rings. The largest absolute Gasteiger partial charge is 0.489 e. The smallest absolute Gasteiger partial charge is 0.180 e. The number of anilines is 1. The third-order valence-corrected chi connectivity index (χ3v) is 3.17. The molecule has 0 aromatic heterocycles. The van der Waals surface area contributed by atoms with Gasteiger partial charge in [-0.1, -0.05) is 11.6 Å². The summed E-state index contributed by atoms with van der Waals surface area (Å²) in [6.45, 7) is 2.32. The maximum Gasteiger partial charge on any atom is 0.180 e. The minimum absolute atomic E-state index is 0.679. The molecule has 0 bridgehead atoms. The van der Waals surface area contributed by atoms with Crippen molar-refractivity contribution in [1.82, 2.24) is 0 Å². The molecular formula is C11H12ClNO2. The van der Waals surface area contributed by atoms with Crippen molar-refractivity contribution in [1.29, 1.82) is 0 Å². The summed E-state index contributed by atoms with van der Waals surface area (Å²) in [4.78, 5) is 0. The second-order valence-electron chi connectivity index (χ2n) is 3.77. The fraction of sp³-hybridized carbons (Fsp3) is 0.455. The maximum absolute atomic E-state index is 6.30. The van der Waals surface area contributed by atoms with Crippen molar-refractivity contribution in [2.24, 2.45) is 0 Å². The van der Waals surface area contributed by atoms with E-state index in [1.54, 1.807) is 0 Å². The van der Waals surface area contributed by atoms with Crippen LogP contribution in [0.3, 0.4) is 0 Å². The van der Waals surface area contributed by atoms with Crippen molar-refractivity contribution in [3.8, 4) is 11.5 Å². The molecule has 0 amide bonds. The molecule has 15 heavy (non-hydrogen) atoms. The second-order valence-corrected chi connectivity index (χ2v) is 4.15. The summed E-state index contributed by atoms with van der Waals surface area (Å²) in [5, 5.41) is 4.01. The maximum atomic E-state index is 6.30. The molecule has 1 aromatic carbocycles. The molecule has 0 radical (unpaired) electrons. The Balaban J connectivity index is 2.15. The van der Waals surface area contributed by atoms with Crippen LogP contribution in [0, 0.1) is 0 Å². The topological polar surface area (TPSA) is 30.5 Å². The minimum Gasteiger partial charge on any atom is -0.489 e. The molecule has 2 aliphatic heterocycles. The van der Waals surface area contributed by atoms with Crippen LogP contribution in [0.4, 0.5) is 5.69 Å². The molecule has 0 fully saturated rings. The van der Waals surface area contributed by atoms with Gasteiger partial charge in [-0.3, -0.25) is 0 Å². The molecule has 0 atom stereocenters. The van der Waals surface area contributed by atoms with Gasteiger partial charge in [-0.2, -0.15) is 0 Å². The van der Waals surface area contributed by atoms with E-state index in [2.05, 4.69) is 5.32 Å². The van der Waals surface area contributed by atoms with Gasteiger partial charge < -0.3 is 14.8 Å². The zero-order valence-corrected chi connectivity index (χ0v) is 9.06. The highest BCUT2D eigenvalue weighted by Crippen LogP contribution is 2.44. The Morgan fingerprint density at radius 2 is 2.13 bits per heavy atom. The zero-order chi connectivity index (χ0) is 10.3. The number of halogens is 1. The van der Waals surface area contributed by atoms with Crippen molar-refractivity contribution in [3.05, 3.63) is 16.7 Å². The molecule has 3 rings (SSSR count). The average molecular weight is 226 g/mol. The van der Waals surface area contributed by atoms with Gasteiger partial charge >= 0.3 is 0 Å². The summed E-state index contributed by atoms with van der Waals surface area (Å²) in [7, 11) is 0. The van der Waals surface area contributed by atoms with E-state index < -0.39 is 0 Å². The van der Waals surface area contributed by atoms with Crippen molar-refractivity contribution < 1.29 is 9.47 Å². The van der Waals surface area contributed by atoms with Crippen molar-refractivity contribution >= 4 is 17.3 Å². The number of fused-ring (bicyclic) bond motifs is 2. The lowest BCUT2D eigenvalue weighted by Gasteiger charge is -2.12. The highest BCUT2D eigenvalue weighted by Gasteiger charge is 2.23. The molecule has 1 aromatic rings. The van der Waals surface area contributed by atoms with Crippen molar-refractivity contribution in [2.75, 3.05) is 25.1 Å². The van der Waals surface area contributed by atoms with Crippen LogP contribution in [0.5, 0.6) is 11.5 Å². The summed E-state index contributed by atoms with van der Waals surface area (Å²) in [6, 6.07) is 1.99. The van der Waals surface area contributed by atoms with Crippen LogP contribution in [0.25, 0.3) is 0 Å². The quantitative estimate of drug-likeness (QED) is 0.736. The molecule has 0 aliphatic carbocycles. The van der Waals surface area contributed by atoms with Crippen LogP contribution >= 0.6 is 11.6 Å². The summed E-state index contributed by atoms with van der Waals surface area (Å²) in [5.74, 6) is 1.49. The predicted octanol–water partition coefficient (Wildman–Crippen LogP) is 2.47. The average Bonchev–Trinajstić information content (AvgIpc) is 2.56. The Labute approximate surface area is 93.3 Å². The lowest BCUT2D eigenvalue weighted by Crippen LogP contribution is -1.97. The van der Waals surface area contributed by atoms with Gasteiger partial charge in [-0.25, -0.2) is 0 Å². The zero-order valence-electron chi connectivity index (χ0n) is 8.31. The predicted molar refractivity (Wildman–Crippen MR) is 59.3 cm³/mol. The van der Waals surface area contributed by atoms with E-state index in [0.29, 0.717) is 13.2 Å². The third kappa shape index (κ3) is 1.42. The van der Waals surface area contributed by atoms with Crippen LogP contribution in [-0.4, -0.2) is 19.8 Å². The summed E-state index contributed by atoms with van der Waals surface area (Å²) >= 11 is 6.30. The first-order valence-corrected chi connectivity index (χ1v) is 5.59. The molecular weight excluding hydrogens is 214 g/mol.